The maximum absolute atomic E-state index is 14.1. The van der Waals surface area contributed by atoms with E-state index in [4.69, 9.17) is 4.74 Å². The van der Waals surface area contributed by atoms with E-state index in [9.17, 15) is 9.59 Å². The van der Waals surface area contributed by atoms with E-state index in [1.807, 2.05) is 60.5 Å². The third-order valence-corrected chi connectivity index (χ3v) is 7.37. The number of fused-ring (bicyclic) bond motifs is 3. The van der Waals surface area contributed by atoms with E-state index in [0.29, 0.717) is 18.6 Å². The average Bonchev–Trinajstić information content (AvgIpc) is 3.22. The number of carbonyl (C=O) groups excluding carboxylic acids is 2. The molecule has 2 aliphatic rings. The van der Waals surface area contributed by atoms with Crippen molar-refractivity contribution in [2.75, 3.05) is 13.2 Å². The molecule has 1 amide bonds. The van der Waals surface area contributed by atoms with Crippen LogP contribution in [-0.2, 0) is 22.4 Å². The van der Waals surface area contributed by atoms with Gasteiger partial charge in [0, 0.05) is 24.1 Å². The Bertz CT molecular complexity index is 1270. The number of aryl methyl sites for hydroxylation is 1. The summed E-state index contributed by atoms with van der Waals surface area (Å²) in [5.41, 5.74) is 5.59. The number of amides is 1. The van der Waals surface area contributed by atoms with Crippen molar-refractivity contribution in [3.63, 3.8) is 0 Å². The van der Waals surface area contributed by atoms with Gasteiger partial charge in [0.2, 0.25) is 0 Å². The summed E-state index contributed by atoms with van der Waals surface area (Å²) in [6, 6.07) is 26.1. The van der Waals surface area contributed by atoms with Crippen LogP contribution < -0.4 is 0 Å². The van der Waals surface area contributed by atoms with Crippen LogP contribution in [0.2, 0.25) is 0 Å². The number of nitrogens with zero attached hydrogens (tertiary/aromatic N) is 2. The monoisotopic (exact) mass is 480 g/mol. The van der Waals surface area contributed by atoms with Crippen LogP contribution in [0.3, 0.4) is 0 Å². The summed E-state index contributed by atoms with van der Waals surface area (Å²) >= 11 is 0. The largest absolute Gasteiger partial charge is 0.463 e. The lowest BCUT2D eigenvalue weighted by atomic mass is 9.81. The van der Waals surface area contributed by atoms with Crippen LogP contribution in [-0.4, -0.2) is 41.1 Å². The summed E-state index contributed by atoms with van der Waals surface area (Å²) in [6.07, 6.45) is 5.08. The summed E-state index contributed by atoms with van der Waals surface area (Å²) < 4.78 is 5.20. The molecular weight excluding hydrogens is 448 g/mol. The quantitative estimate of drug-likeness (QED) is 0.354. The van der Waals surface area contributed by atoms with Crippen molar-refractivity contribution in [3.05, 3.63) is 119 Å². The molecule has 0 saturated carbocycles. The van der Waals surface area contributed by atoms with E-state index < -0.39 is 0 Å². The highest BCUT2D eigenvalue weighted by atomic mass is 16.5. The van der Waals surface area contributed by atoms with Crippen molar-refractivity contribution in [1.82, 2.24) is 10.0 Å². The van der Waals surface area contributed by atoms with E-state index in [1.54, 1.807) is 6.08 Å². The van der Waals surface area contributed by atoms with Gasteiger partial charge in [-0.25, -0.2) is 9.80 Å². The topological polar surface area (TPSA) is 49.9 Å². The number of esters is 1. The molecule has 5 nitrogen and oxygen atoms in total. The van der Waals surface area contributed by atoms with Crippen molar-refractivity contribution in [2.24, 2.45) is 5.92 Å². The number of benzene rings is 3. The van der Waals surface area contributed by atoms with Crippen molar-refractivity contribution < 1.29 is 14.3 Å². The zero-order valence-corrected chi connectivity index (χ0v) is 20.8. The molecule has 36 heavy (non-hydrogen) atoms. The fraction of sp³-hybridized carbons (Fsp3) is 0.290. The van der Waals surface area contributed by atoms with Gasteiger partial charge in [0.05, 0.1) is 18.7 Å². The summed E-state index contributed by atoms with van der Waals surface area (Å²) in [6.45, 7) is 4.99. The molecule has 184 valence electrons. The Hall–Kier alpha value is -3.70. The standard InChI is InChI=1S/C31H32N2O3/c1-3-36-29(34)18-17-27-28(21-25-15-8-7-11-22(25)2)33(31(35)24-13-5-4-6-14-24)32-20-19-23-12-9-10-16-26(23)30(27)32/h4-18,27-28,30H,3,19-21H2,1-2H3/b18-17+/t27-,28-,30+/m1/s1. The minimum atomic E-state index is -0.351. The second-order valence-electron chi connectivity index (χ2n) is 9.46. The highest BCUT2D eigenvalue weighted by Crippen LogP contribution is 2.47. The van der Waals surface area contributed by atoms with Gasteiger partial charge in [-0.1, -0.05) is 72.8 Å². The first-order chi connectivity index (χ1) is 17.6. The minimum Gasteiger partial charge on any atom is -0.463 e. The molecule has 3 atom stereocenters. The van der Waals surface area contributed by atoms with Crippen LogP contribution in [0.4, 0.5) is 0 Å². The molecule has 2 heterocycles. The average molecular weight is 481 g/mol. The van der Waals surface area contributed by atoms with E-state index in [2.05, 4.69) is 48.3 Å². The Balaban J connectivity index is 1.63. The molecule has 0 radical (unpaired) electrons. The lowest BCUT2D eigenvalue weighted by Gasteiger charge is -2.38. The Kier molecular flexibility index (Phi) is 7.01. The Morgan fingerprint density at radius 3 is 2.47 bits per heavy atom. The summed E-state index contributed by atoms with van der Waals surface area (Å²) in [5.74, 6) is -0.440. The molecule has 1 saturated heterocycles. The predicted octanol–water partition coefficient (Wildman–Crippen LogP) is 5.31. The molecule has 0 spiro atoms. The van der Waals surface area contributed by atoms with Crippen molar-refractivity contribution in [1.29, 1.82) is 0 Å². The van der Waals surface area contributed by atoms with Crippen LogP contribution >= 0.6 is 0 Å². The van der Waals surface area contributed by atoms with Gasteiger partial charge in [0.15, 0.2) is 0 Å². The zero-order valence-electron chi connectivity index (χ0n) is 20.8. The first-order valence-electron chi connectivity index (χ1n) is 12.7. The van der Waals surface area contributed by atoms with Gasteiger partial charge in [0.1, 0.15) is 0 Å². The van der Waals surface area contributed by atoms with E-state index in [0.717, 1.165) is 13.0 Å². The van der Waals surface area contributed by atoms with Crippen molar-refractivity contribution >= 4 is 11.9 Å². The SMILES string of the molecule is CCOC(=O)/C=C/[C@@H]1[C@@H](Cc2ccccc2C)N(C(=O)c2ccccc2)N2CCc3ccccc3[C@@H]12. The van der Waals surface area contributed by atoms with Crippen LogP contribution in [0.25, 0.3) is 0 Å². The third-order valence-electron chi connectivity index (χ3n) is 7.37. The first kappa shape index (κ1) is 24.0. The molecular formula is C31H32N2O3. The maximum Gasteiger partial charge on any atom is 0.330 e. The smallest absolute Gasteiger partial charge is 0.330 e. The normalized spacial score (nSPS) is 21.3. The molecule has 5 heteroatoms. The molecule has 0 N–H and O–H groups in total. The number of ether oxygens (including phenoxy) is 1. The Morgan fingerprint density at radius 1 is 0.972 bits per heavy atom. The number of carbonyl (C=O) groups is 2. The van der Waals surface area contributed by atoms with Gasteiger partial charge in [-0.15, -0.1) is 0 Å². The van der Waals surface area contributed by atoms with Gasteiger partial charge < -0.3 is 4.74 Å². The molecule has 0 unspecified atom stereocenters. The van der Waals surface area contributed by atoms with Crippen LogP contribution in [0.1, 0.15) is 45.6 Å². The van der Waals surface area contributed by atoms with Gasteiger partial charge in [-0.3, -0.25) is 9.80 Å². The van der Waals surface area contributed by atoms with Crippen LogP contribution in [0, 0.1) is 12.8 Å². The van der Waals surface area contributed by atoms with Gasteiger partial charge in [-0.2, -0.15) is 0 Å². The zero-order chi connectivity index (χ0) is 25.1. The van der Waals surface area contributed by atoms with Crippen LogP contribution in [0.5, 0.6) is 0 Å². The first-order valence-corrected chi connectivity index (χ1v) is 12.7. The summed E-state index contributed by atoms with van der Waals surface area (Å²) in [5, 5.41) is 4.21. The van der Waals surface area contributed by atoms with E-state index in [1.165, 1.54) is 22.3 Å². The molecule has 2 aliphatic heterocycles. The fourth-order valence-electron chi connectivity index (χ4n) is 5.68. The minimum absolute atomic E-state index is 0.00870. The molecule has 5 rings (SSSR count). The van der Waals surface area contributed by atoms with Gasteiger partial charge in [-0.05, 0) is 61.1 Å². The molecule has 0 aliphatic carbocycles. The molecule has 0 aromatic heterocycles. The lowest BCUT2D eigenvalue weighted by molar-refractivity contribution is -0.137. The van der Waals surface area contributed by atoms with E-state index >= 15 is 0 Å². The number of hydrogen-bond donors (Lipinski definition) is 0. The summed E-state index contributed by atoms with van der Waals surface area (Å²) in [7, 11) is 0. The van der Waals surface area contributed by atoms with Gasteiger partial charge >= 0.3 is 5.97 Å². The Labute approximate surface area is 213 Å². The number of hydrazine groups is 1. The second-order valence-corrected chi connectivity index (χ2v) is 9.46. The van der Waals surface area contributed by atoms with Crippen molar-refractivity contribution in [3.8, 4) is 0 Å². The van der Waals surface area contributed by atoms with Gasteiger partial charge in [0.25, 0.3) is 5.91 Å². The second kappa shape index (κ2) is 10.5. The fourth-order valence-corrected chi connectivity index (χ4v) is 5.68. The lowest BCUT2D eigenvalue weighted by Crippen LogP contribution is -2.48. The molecule has 1 fully saturated rings. The molecule has 0 bridgehead atoms. The Morgan fingerprint density at radius 2 is 1.69 bits per heavy atom. The van der Waals surface area contributed by atoms with E-state index in [-0.39, 0.29) is 29.9 Å². The number of hydrogen-bond acceptors (Lipinski definition) is 4. The van der Waals surface area contributed by atoms with Crippen molar-refractivity contribution in [2.45, 2.75) is 38.8 Å². The highest BCUT2D eigenvalue weighted by molar-refractivity contribution is 5.94. The predicted molar refractivity (Wildman–Crippen MR) is 140 cm³/mol. The number of rotatable bonds is 6. The third kappa shape index (κ3) is 4.59. The van der Waals surface area contributed by atoms with Crippen LogP contribution in [0.15, 0.2) is 91.0 Å². The maximum atomic E-state index is 14.1. The molecule has 3 aromatic carbocycles. The highest BCUT2D eigenvalue weighted by Gasteiger charge is 2.51. The summed E-state index contributed by atoms with van der Waals surface area (Å²) in [4.78, 5) is 26.4. The molecule has 3 aromatic rings.